The second kappa shape index (κ2) is 7.48. The minimum Gasteiger partial charge on any atom is -0.0619 e. The van der Waals surface area contributed by atoms with E-state index in [4.69, 9.17) is 0 Å². The van der Waals surface area contributed by atoms with Gasteiger partial charge >= 0.3 is 0 Å². The molecule has 188 valence electrons. The molecule has 2 aliphatic carbocycles. The van der Waals surface area contributed by atoms with E-state index in [2.05, 4.69) is 138 Å². The average Bonchev–Trinajstić information content (AvgIpc) is 3.37. The van der Waals surface area contributed by atoms with E-state index in [-0.39, 0.29) is 10.8 Å². The monoisotopic (exact) mass is 500 g/mol. The van der Waals surface area contributed by atoms with Gasteiger partial charge in [0.05, 0.1) is 0 Å². The van der Waals surface area contributed by atoms with Crippen molar-refractivity contribution >= 4 is 21.5 Å². The minimum absolute atomic E-state index is 0.00596. The van der Waals surface area contributed by atoms with Gasteiger partial charge in [-0.15, -0.1) is 0 Å². The topological polar surface area (TPSA) is 0 Å². The Balaban J connectivity index is 1.54. The summed E-state index contributed by atoms with van der Waals surface area (Å²) in [7, 11) is 0. The fourth-order valence-corrected chi connectivity index (χ4v) is 7.67. The van der Waals surface area contributed by atoms with E-state index in [9.17, 15) is 0 Å². The Morgan fingerprint density at radius 2 is 1.13 bits per heavy atom. The molecule has 0 bridgehead atoms. The molecule has 0 N–H and O–H groups in total. The molecule has 0 atom stereocenters. The molecule has 0 heteroatoms. The first-order chi connectivity index (χ1) is 18.8. The number of benzene rings is 6. The van der Waals surface area contributed by atoms with Gasteiger partial charge in [-0.2, -0.15) is 0 Å². The van der Waals surface area contributed by atoms with Crippen molar-refractivity contribution in [2.45, 2.75) is 45.4 Å². The first-order valence-electron chi connectivity index (χ1n) is 14.1. The molecule has 8 rings (SSSR count). The van der Waals surface area contributed by atoms with Crippen LogP contribution in [-0.2, 0) is 10.8 Å². The molecule has 0 spiro atoms. The van der Waals surface area contributed by atoms with Crippen LogP contribution in [0.5, 0.6) is 0 Å². The molecular weight excluding hydrogens is 468 g/mol. The summed E-state index contributed by atoms with van der Waals surface area (Å²) in [5.41, 5.74) is 15.3. The first-order valence-corrected chi connectivity index (χ1v) is 14.1. The lowest BCUT2D eigenvalue weighted by molar-refractivity contribution is 0.598. The van der Waals surface area contributed by atoms with Crippen LogP contribution in [0.25, 0.3) is 66.1 Å². The van der Waals surface area contributed by atoms with Crippen LogP contribution in [-0.4, -0.2) is 0 Å². The molecule has 0 amide bonds. The van der Waals surface area contributed by atoms with Gasteiger partial charge in [0.2, 0.25) is 0 Å². The van der Waals surface area contributed by atoms with Crippen LogP contribution in [0, 0.1) is 0 Å². The van der Waals surface area contributed by atoms with E-state index in [0.29, 0.717) is 0 Å². The zero-order valence-corrected chi connectivity index (χ0v) is 23.3. The lowest BCUT2D eigenvalue weighted by Crippen LogP contribution is -2.15. The highest BCUT2D eigenvalue weighted by Gasteiger charge is 2.37. The van der Waals surface area contributed by atoms with Crippen LogP contribution in [0.3, 0.4) is 0 Å². The molecular formula is C39H32. The lowest BCUT2D eigenvalue weighted by Gasteiger charge is -2.28. The fourth-order valence-electron chi connectivity index (χ4n) is 7.67. The Kier molecular flexibility index (Phi) is 4.37. The van der Waals surface area contributed by atoms with E-state index >= 15 is 0 Å². The van der Waals surface area contributed by atoms with E-state index in [1.54, 1.807) is 0 Å². The predicted molar refractivity (Wildman–Crippen MR) is 168 cm³/mol. The number of hydrogen-bond acceptors (Lipinski definition) is 0. The maximum atomic E-state index is 2.50. The van der Waals surface area contributed by atoms with Crippen LogP contribution in [0.15, 0.2) is 103 Å². The Hall–Kier alpha value is -4.16. The molecule has 0 radical (unpaired) electrons. The van der Waals surface area contributed by atoms with Crippen molar-refractivity contribution in [1.29, 1.82) is 0 Å². The summed E-state index contributed by atoms with van der Waals surface area (Å²) >= 11 is 0. The number of rotatable bonds is 1. The summed E-state index contributed by atoms with van der Waals surface area (Å²) in [4.78, 5) is 0. The highest BCUT2D eigenvalue weighted by atomic mass is 14.4. The summed E-state index contributed by atoms with van der Waals surface area (Å²) in [6.07, 6.45) is 0. The van der Waals surface area contributed by atoms with Gasteiger partial charge in [-0.3, -0.25) is 0 Å². The summed E-state index contributed by atoms with van der Waals surface area (Å²) in [6, 6.07) is 39.0. The normalized spacial score (nSPS) is 14.5. The fraction of sp³-hybridized carbons (Fsp3) is 0.179. The molecule has 0 unspecified atom stereocenters. The van der Waals surface area contributed by atoms with E-state index in [1.165, 1.54) is 82.7 Å². The van der Waals surface area contributed by atoms with Crippen molar-refractivity contribution in [2.75, 3.05) is 0 Å². The summed E-state index contributed by atoms with van der Waals surface area (Å²) in [5, 5.41) is 5.43. The third kappa shape index (κ3) is 2.90. The molecule has 2 aliphatic rings. The van der Waals surface area contributed by atoms with Gasteiger partial charge in [0, 0.05) is 5.41 Å². The quantitative estimate of drug-likeness (QED) is 0.210. The van der Waals surface area contributed by atoms with E-state index in [1.807, 2.05) is 0 Å². The minimum atomic E-state index is -0.0325. The Morgan fingerprint density at radius 3 is 1.87 bits per heavy atom. The van der Waals surface area contributed by atoms with Crippen LogP contribution >= 0.6 is 0 Å². The zero-order chi connectivity index (χ0) is 26.7. The summed E-state index contributed by atoms with van der Waals surface area (Å²) in [6.45, 7) is 11.9. The third-order valence-electron chi connectivity index (χ3n) is 9.28. The second-order valence-corrected chi connectivity index (χ2v) is 12.9. The molecule has 0 fully saturated rings. The van der Waals surface area contributed by atoms with Gasteiger partial charge in [-0.25, -0.2) is 0 Å². The van der Waals surface area contributed by atoms with Gasteiger partial charge in [0.15, 0.2) is 0 Å². The van der Waals surface area contributed by atoms with Crippen molar-refractivity contribution in [3.63, 3.8) is 0 Å². The molecule has 6 aromatic rings. The molecule has 0 aromatic heterocycles. The molecule has 0 saturated carbocycles. The molecule has 6 aromatic carbocycles. The highest BCUT2D eigenvalue weighted by molar-refractivity contribution is 6.24. The maximum absolute atomic E-state index is 2.50. The Bertz CT molecular complexity index is 2000. The molecule has 0 heterocycles. The number of hydrogen-bond donors (Lipinski definition) is 0. The van der Waals surface area contributed by atoms with Crippen molar-refractivity contribution in [3.05, 3.63) is 120 Å². The van der Waals surface area contributed by atoms with Crippen molar-refractivity contribution in [1.82, 2.24) is 0 Å². The van der Waals surface area contributed by atoms with Crippen molar-refractivity contribution < 1.29 is 0 Å². The standard InChI is InChI=1S/C39H32/c1-38(2,3)37-28-16-7-6-15-27(28)34(35-29-17-10-12-23-13-11-18-30(33(23)29)36(35)37)24-20-21-26-25-14-8-9-19-31(25)39(4,5)32(26)22-24/h6-22H,1-5H3. The second-order valence-electron chi connectivity index (χ2n) is 12.9. The van der Waals surface area contributed by atoms with Crippen LogP contribution in [0.4, 0.5) is 0 Å². The average molecular weight is 501 g/mol. The van der Waals surface area contributed by atoms with Crippen LogP contribution in [0.1, 0.15) is 51.3 Å². The smallest absolute Gasteiger partial charge is 0.0159 e. The third-order valence-corrected chi connectivity index (χ3v) is 9.28. The van der Waals surface area contributed by atoms with Crippen LogP contribution < -0.4 is 0 Å². The van der Waals surface area contributed by atoms with E-state index < -0.39 is 0 Å². The first kappa shape index (κ1) is 22.8. The molecule has 0 saturated heterocycles. The highest BCUT2D eigenvalue weighted by Crippen LogP contribution is 2.58. The Labute approximate surface area is 231 Å². The lowest BCUT2D eigenvalue weighted by atomic mass is 9.75. The van der Waals surface area contributed by atoms with Gasteiger partial charge in [0.1, 0.15) is 0 Å². The zero-order valence-electron chi connectivity index (χ0n) is 23.3. The van der Waals surface area contributed by atoms with Crippen molar-refractivity contribution in [3.8, 4) is 44.5 Å². The van der Waals surface area contributed by atoms with Crippen molar-refractivity contribution in [2.24, 2.45) is 0 Å². The predicted octanol–water partition coefficient (Wildman–Crippen LogP) is 10.9. The molecule has 0 nitrogen and oxygen atoms in total. The Morgan fingerprint density at radius 1 is 0.513 bits per heavy atom. The maximum Gasteiger partial charge on any atom is 0.0159 e. The summed E-state index contributed by atoms with van der Waals surface area (Å²) < 4.78 is 0. The van der Waals surface area contributed by atoms with Gasteiger partial charge in [-0.05, 0) is 94.2 Å². The SMILES string of the molecule is CC(C)(C)c1c2c(c(-c3ccc4c(c3)C(C)(C)c3ccccc3-4)c3ccccc13)-c1cccc3cccc-2c13. The van der Waals surface area contributed by atoms with Gasteiger partial charge < -0.3 is 0 Å². The number of fused-ring (bicyclic) bond motifs is 7. The molecule has 0 aliphatic heterocycles. The molecule has 39 heavy (non-hydrogen) atoms. The van der Waals surface area contributed by atoms with Crippen LogP contribution in [0.2, 0.25) is 0 Å². The van der Waals surface area contributed by atoms with E-state index in [0.717, 1.165) is 0 Å². The van der Waals surface area contributed by atoms with Gasteiger partial charge in [-0.1, -0.05) is 132 Å². The van der Waals surface area contributed by atoms with Gasteiger partial charge in [0.25, 0.3) is 0 Å². The largest absolute Gasteiger partial charge is 0.0619 e. The summed E-state index contributed by atoms with van der Waals surface area (Å²) in [5.74, 6) is 0.